The zero-order valence-electron chi connectivity index (χ0n) is 23.0. The molecule has 1 fully saturated rings. The summed E-state index contributed by atoms with van der Waals surface area (Å²) in [4.78, 5) is 12.7. The molecule has 1 saturated heterocycles. The van der Waals surface area contributed by atoms with Gasteiger partial charge in [-0.2, -0.15) is 0 Å². The van der Waals surface area contributed by atoms with Crippen LogP contribution in [0.25, 0.3) is 0 Å². The number of esters is 1. The van der Waals surface area contributed by atoms with E-state index < -0.39 is 24.3 Å². The second-order valence-electron chi connectivity index (χ2n) is 11.5. The van der Waals surface area contributed by atoms with Crippen molar-refractivity contribution >= 4 is 5.97 Å². The van der Waals surface area contributed by atoms with Crippen molar-refractivity contribution in [3.63, 3.8) is 0 Å². The maximum atomic E-state index is 12.7. The molecule has 4 rings (SSSR count). The number of carbonyl (C=O) groups is 1. The molecule has 7 heteroatoms. The topological polar surface area (TPSA) is 97.8 Å². The standard InChI is InChI=1S/C31H44O7/c1-19-13-20(2)15-27(33)31-29(38-31)17-28(26(32)12-11-24-16-21(3)22(4)18-35-24)37-30(34)10-6-8-23-7-5-9-25(14-19)36-23/h5-7,10-12,19,23-29,31-33H,2,8-9,13-18H2,1,3-4H3/b10-6-,12-11+/t19-,23-,24?,25-,26-,27-,28-,29-,31-/m0/s1. The van der Waals surface area contributed by atoms with Gasteiger partial charge in [0, 0.05) is 12.5 Å². The highest BCUT2D eigenvalue weighted by Crippen LogP contribution is 2.35. The molecule has 38 heavy (non-hydrogen) atoms. The third-order valence-corrected chi connectivity index (χ3v) is 7.93. The predicted octanol–water partition coefficient (Wildman–Crippen LogP) is 4.50. The van der Waals surface area contributed by atoms with Crippen LogP contribution in [-0.2, 0) is 23.7 Å². The number of fused-ring (bicyclic) bond motifs is 3. The smallest absolute Gasteiger partial charge is 0.330 e. The average Bonchev–Trinajstić information content (AvgIpc) is 3.63. The van der Waals surface area contributed by atoms with Crippen LogP contribution < -0.4 is 0 Å². The van der Waals surface area contributed by atoms with Gasteiger partial charge in [0.1, 0.15) is 18.3 Å². The summed E-state index contributed by atoms with van der Waals surface area (Å²) in [5.41, 5.74) is 3.51. The van der Waals surface area contributed by atoms with Crippen molar-refractivity contribution < 1.29 is 34.0 Å². The summed E-state index contributed by atoms with van der Waals surface area (Å²) in [6.45, 7) is 11.1. The molecule has 0 aromatic rings. The van der Waals surface area contributed by atoms with Gasteiger partial charge in [0.25, 0.3) is 0 Å². The molecule has 9 atom stereocenters. The van der Waals surface area contributed by atoms with Crippen LogP contribution in [0.1, 0.15) is 65.7 Å². The van der Waals surface area contributed by atoms with Gasteiger partial charge in [0.2, 0.25) is 0 Å². The fraction of sp³-hybridized carbons (Fsp3) is 0.645. The summed E-state index contributed by atoms with van der Waals surface area (Å²) in [5, 5.41) is 21.7. The van der Waals surface area contributed by atoms with Gasteiger partial charge in [-0.3, -0.25) is 0 Å². The highest BCUT2D eigenvalue weighted by atomic mass is 16.6. The highest BCUT2D eigenvalue weighted by molar-refractivity contribution is 5.82. The Hall–Kier alpha value is -2.03. The lowest BCUT2D eigenvalue weighted by atomic mass is 9.91. The lowest BCUT2D eigenvalue weighted by Gasteiger charge is -2.28. The fourth-order valence-corrected chi connectivity index (χ4v) is 5.57. The first-order chi connectivity index (χ1) is 18.2. The van der Waals surface area contributed by atoms with Gasteiger partial charge in [-0.25, -0.2) is 4.79 Å². The van der Waals surface area contributed by atoms with Crippen molar-refractivity contribution in [2.24, 2.45) is 5.92 Å². The number of cyclic esters (lactones) is 1. The number of ether oxygens (including phenoxy) is 4. The van der Waals surface area contributed by atoms with E-state index in [1.807, 2.05) is 12.2 Å². The predicted molar refractivity (Wildman–Crippen MR) is 145 cm³/mol. The van der Waals surface area contributed by atoms with Gasteiger partial charge in [0.05, 0.1) is 37.1 Å². The first-order valence-corrected chi connectivity index (χ1v) is 14.0. The third-order valence-electron chi connectivity index (χ3n) is 7.93. The summed E-state index contributed by atoms with van der Waals surface area (Å²) >= 11 is 0. The van der Waals surface area contributed by atoms with Crippen LogP contribution in [0.5, 0.6) is 0 Å². The molecule has 0 aliphatic carbocycles. The number of epoxide rings is 1. The molecule has 0 amide bonds. The van der Waals surface area contributed by atoms with E-state index in [9.17, 15) is 15.0 Å². The maximum absolute atomic E-state index is 12.7. The normalized spacial score (nSPS) is 39.2. The van der Waals surface area contributed by atoms with Crippen molar-refractivity contribution in [3.8, 4) is 0 Å². The minimum absolute atomic E-state index is 0.0875. The number of hydrogen-bond acceptors (Lipinski definition) is 7. The molecule has 4 aliphatic heterocycles. The van der Waals surface area contributed by atoms with E-state index >= 15 is 0 Å². The van der Waals surface area contributed by atoms with Crippen LogP contribution in [0.15, 0.2) is 59.8 Å². The van der Waals surface area contributed by atoms with E-state index in [1.165, 1.54) is 17.2 Å². The Morgan fingerprint density at radius 2 is 1.89 bits per heavy atom. The summed E-state index contributed by atoms with van der Waals surface area (Å²) in [6.07, 6.45) is 12.2. The third kappa shape index (κ3) is 8.48. The summed E-state index contributed by atoms with van der Waals surface area (Å²) in [6, 6.07) is 0. The van der Waals surface area contributed by atoms with Crippen LogP contribution >= 0.6 is 0 Å². The second kappa shape index (κ2) is 13.4. The van der Waals surface area contributed by atoms with E-state index in [0.717, 1.165) is 31.3 Å². The number of carbonyl (C=O) groups excluding carboxylic acids is 1. The molecule has 7 nitrogen and oxygen atoms in total. The molecule has 0 aromatic carbocycles. The minimum atomic E-state index is -1.03. The Kier molecular flexibility index (Phi) is 10.2. The summed E-state index contributed by atoms with van der Waals surface area (Å²) in [5.74, 6) is -0.141. The molecular formula is C31H44O7. The minimum Gasteiger partial charge on any atom is -0.456 e. The van der Waals surface area contributed by atoms with Crippen LogP contribution in [0.3, 0.4) is 0 Å². The van der Waals surface area contributed by atoms with Crippen LogP contribution in [0.2, 0.25) is 0 Å². The van der Waals surface area contributed by atoms with Gasteiger partial charge in [-0.1, -0.05) is 55.0 Å². The van der Waals surface area contributed by atoms with Crippen molar-refractivity contribution in [3.05, 3.63) is 59.8 Å². The van der Waals surface area contributed by atoms with Gasteiger partial charge in [-0.05, 0) is 63.9 Å². The van der Waals surface area contributed by atoms with Crippen molar-refractivity contribution in [1.82, 2.24) is 0 Å². The van der Waals surface area contributed by atoms with E-state index in [1.54, 1.807) is 12.2 Å². The quantitative estimate of drug-likeness (QED) is 0.316. The Bertz CT molecular complexity index is 963. The SMILES string of the molecule is C=C1C[C@H](C)C[C@@H]2CC=C[C@@H](C/C=C\C(=O)O[C@H]([C@@H](O)/C=C/C3CC(C)=C(C)CO3)C[C@@H]3O[C@H]3[C@@H](O)C1)O2. The first kappa shape index (κ1) is 29.0. The van der Waals surface area contributed by atoms with Crippen LogP contribution in [-0.4, -0.2) is 71.6 Å². The van der Waals surface area contributed by atoms with Crippen LogP contribution in [0, 0.1) is 5.92 Å². The number of hydrogen-bond donors (Lipinski definition) is 2. The Balaban J connectivity index is 1.44. The summed E-state index contributed by atoms with van der Waals surface area (Å²) in [7, 11) is 0. The monoisotopic (exact) mass is 528 g/mol. The molecule has 0 saturated carbocycles. The zero-order chi connectivity index (χ0) is 27.2. The van der Waals surface area contributed by atoms with Crippen molar-refractivity contribution in [2.45, 2.75) is 115 Å². The van der Waals surface area contributed by atoms with E-state index in [4.69, 9.17) is 18.9 Å². The molecule has 2 bridgehead atoms. The molecule has 210 valence electrons. The van der Waals surface area contributed by atoms with Crippen LogP contribution in [0.4, 0.5) is 0 Å². The molecule has 1 unspecified atom stereocenters. The Morgan fingerprint density at radius 1 is 1.08 bits per heavy atom. The molecule has 2 N–H and O–H groups in total. The van der Waals surface area contributed by atoms with Gasteiger partial charge >= 0.3 is 5.97 Å². The molecule has 0 spiro atoms. The average molecular weight is 529 g/mol. The number of aliphatic hydroxyl groups excluding tert-OH is 2. The number of rotatable bonds is 3. The number of aliphatic hydroxyl groups is 2. The van der Waals surface area contributed by atoms with E-state index in [0.29, 0.717) is 25.4 Å². The second-order valence-corrected chi connectivity index (χ2v) is 11.5. The lowest BCUT2D eigenvalue weighted by Crippen LogP contribution is -2.32. The van der Waals surface area contributed by atoms with E-state index in [-0.39, 0.29) is 36.9 Å². The maximum Gasteiger partial charge on any atom is 0.330 e. The van der Waals surface area contributed by atoms with E-state index in [2.05, 4.69) is 33.4 Å². The van der Waals surface area contributed by atoms with Crippen molar-refractivity contribution in [1.29, 1.82) is 0 Å². The van der Waals surface area contributed by atoms with Gasteiger partial charge in [-0.15, -0.1) is 0 Å². The molecule has 0 aromatic heterocycles. The molecular weight excluding hydrogens is 484 g/mol. The van der Waals surface area contributed by atoms with Gasteiger partial charge < -0.3 is 29.2 Å². The fourth-order valence-electron chi connectivity index (χ4n) is 5.57. The zero-order valence-corrected chi connectivity index (χ0v) is 23.0. The largest absolute Gasteiger partial charge is 0.456 e. The Morgan fingerprint density at radius 3 is 2.68 bits per heavy atom. The first-order valence-electron chi connectivity index (χ1n) is 14.0. The Labute approximate surface area is 226 Å². The highest BCUT2D eigenvalue weighted by Gasteiger charge is 2.46. The summed E-state index contributed by atoms with van der Waals surface area (Å²) < 4.78 is 23.5. The van der Waals surface area contributed by atoms with Crippen molar-refractivity contribution in [2.75, 3.05) is 6.61 Å². The molecule has 4 aliphatic rings. The molecule has 4 heterocycles. The lowest BCUT2D eigenvalue weighted by molar-refractivity contribution is -0.148. The molecule has 0 radical (unpaired) electrons. The van der Waals surface area contributed by atoms with Gasteiger partial charge in [0.15, 0.2) is 0 Å².